The van der Waals surface area contributed by atoms with E-state index in [9.17, 15) is 0 Å². The normalized spacial score (nSPS) is 22.1. The quantitative estimate of drug-likeness (QED) is 0.460. The molecule has 0 aromatic carbocycles. The Morgan fingerprint density at radius 2 is 1.67 bits per heavy atom. The largest absolute Gasteiger partial charge is 0.399 e. The molecule has 1 aliphatic rings. The maximum Gasteiger partial charge on any atom is 0.106 e. The lowest BCUT2D eigenvalue weighted by Crippen LogP contribution is -2.04. The lowest BCUT2D eigenvalue weighted by atomic mass is 9.92. The van der Waals surface area contributed by atoms with Crippen LogP contribution in [0.4, 0.5) is 0 Å². The van der Waals surface area contributed by atoms with Crippen molar-refractivity contribution in [3.8, 4) is 0 Å². The van der Waals surface area contributed by atoms with Crippen molar-refractivity contribution < 1.29 is 4.84 Å². The van der Waals surface area contributed by atoms with Crippen LogP contribution in [0, 0.1) is 5.92 Å². The highest BCUT2D eigenvalue weighted by molar-refractivity contribution is 5.59. The van der Waals surface area contributed by atoms with E-state index in [2.05, 4.69) is 9.99 Å². The van der Waals surface area contributed by atoms with Crippen LogP contribution in [-0.4, -0.2) is 13.3 Å². The molecule has 0 bridgehead atoms. The van der Waals surface area contributed by atoms with Crippen molar-refractivity contribution in [2.75, 3.05) is 7.11 Å². The molecule has 1 aliphatic carbocycles. The minimum atomic E-state index is 0.672. The minimum absolute atomic E-state index is 0.672. The smallest absolute Gasteiger partial charge is 0.106 e. The van der Waals surface area contributed by atoms with E-state index >= 15 is 0 Å². The van der Waals surface area contributed by atoms with Gasteiger partial charge in [0, 0.05) is 6.21 Å². The van der Waals surface area contributed by atoms with Gasteiger partial charge in [0.2, 0.25) is 0 Å². The summed E-state index contributed by atoms with van der Waals surface area (Å²) in [5.74, 6) is 0.672. The van der Waals surface area contributed by atoms with E-state index in [0.29, 0.717) is 5.92 Å². The van der Waals surface area contributed by atoms with Crippen molar-refractivity contribution in [1.82, 2.24) is 0 Å². The number of oxime groups is 1. The number of hydrogen-bond acceptors (Lipinski definition) is 2. The molecule has 0 aromatic heterocycles. The standard InChI is InChI=1S/C10H19NO/c1-12-11-9-10-7-5-3-2-4-6-8-10/h9-10H,2-8H2,1H3. The molecule has 1 rings (SSSR count). The van der Waals surface area contributed by atoms with Gasteiger partial charge in [-0.3, -0.25) is 0 Å². The molecule has 0 heterocycles. The van der Waals surface area contributed by atoms with Crippen molar-refractivity contribution >= 4 is 6.21 Å². The first-order valence-electron chi connectivity index (χ1n) is 5.00. The molecule has 0 N–H and O–H groups in total. The summed E-state index contributed by atoms with van der Waals surface area (Å²) in [6, 6.07) is 0. The van der Waals surface area contributed by atoms with Crippen LogP contribution in [0.3, 0.4) is 0 Å². The molecule has 0 aromatic rings. The SMILES string of the molecule is CON=CC1CCCCCCC1. The fourth-order valence-electron chi connectivity index (χ4n) is 1.78. The number of hydrogen-bond donors (Lipinski definition) is 0. The van der Waals surface area contributed by atoms with E-state index < -0.39 is 0 Å². The van der Waals surface area contributed by atoms with Gasteiger partial charge < -0.3 is 4.84 Å². The Bertz CT molecular complexity index is 126. The van der Waals surface area contributed by atoms with Crippen LogP contribution in [0.25, 0.3) is 0 Å². The van der Waals surface area contributed by atoms with Crippen molar-refractivity contribution in [1.29, 1.82) is 0 Å². The third kappa shape index (κ3) is 3.74. The van der Waals surface area contributed by atoms with Crippen molar-refractivity contribution in [2.24, 2.45) is 11.1 Å². The first-order chi connectivity index (χ1) is 5.93. The predicted octanol–water partition coefficient (Wildman–Crippen LogP) is 2.98. The van der Waals surface area contributed by atoms with Gasteiger partial charge in [0.15, 0.2) is 0 Å². The predicted molar refractivity (Wildman–Crippen MR) is 51.3 cm³/mol. The topological polar surface area (TPSA) is 21.6 Å². The highest BCUT2D eigenvalue weighted by Gasteiger charge is 2.08. The van der Waals surface area contributed by atoms with Crippen LogP contribution in [-0.2, 0) is 4.84 Å². The van der Waals surface area contributed by atoms with E-state index in [1.165, 1.54) is 44.9 Å². The summed E-state index contributed by atoms with van der Waals surface area (Å²) < 4.78 is 0. The van der Waals surface area contributed by atoms with Crippen LogP contribution in [0.2, 0.25) is 0 Å². The number of nitrogens with zero attached hydrogens (tertiary/aromatic N) is 1. The summed E-state index contributed by atoms with van der Waals surface area (Å²) in [6.07, 6.45) is 11.5. The lowest BCUT2D eigenvalue weighted by Gasteiger charge is -2.14. The lowest BCUT2D eigenvalue weighted by molar-refractivity contribution is 0.212. The summed E-state index contributed by atoms with van der Waals surface area (Å²) >= 11 is 0. The molecule has 0 amide bonds. The Hall–Kier alpha value is -0.530. The van der Waals surface area contributed by atoms with Crippen LogP contribution in [0.15, 0.2) is 5.16 Å². The summed E-state index contributed by atoms with van der Waals surface area (Å²) in [5.41, 5.74) is 0. The molecule has 1 fully saturated rings. The fourth-order valence-corrected chi connectivity index (χ4v) is 1.78. The average molecular weight is 169 g/mol. The Morgan fingerprint density at radius 3 is 2.25 bits per heavy atom. The van der Waals surface area contributed by atoms with E-state index in [0.717, 1.165) is 0 Å². The highest BCUT2D eigenvalue weighted by Crippen LogP contribution is 2.20. The first kappa shape index (κ1) is 9.56. The molecular weight excluding hydrogens is 150 g/mol. The Morgan fingerprint density at radius 1 is 1.08 bits per heavy atom. The van der Waals surface area contributed by atoms with E-state index in [-0.39, 0.29) is 0 Å². The summed E-state index contributed by atoms with van der Waals surface area (Å²) in [7, 11) is 1.61. The van der Waals surface area contributed by atoms with E-state index in [4.69, 9.17) is 0 Å². The van der Waals surface area contributed by atoms with Gasteiger partial charge in [0.25, 0.3) is 0 Å². The molecule has 2 heteroatoms. The van der Waals surface area contributed by atoms with Crippen molar-refractivity contribution in [2.45, 2.75) is 44.9 Å². The third-order valence-electron chi connectivity index (χ3n) is 2.53. The maximum atomic E-state index is 4.69. The summed E-state index contributed by atoms with van der Waals surface area (Å²) in [6.45, 7) is 0. The van der Waals surface area contributed by atoms with Crippen LogP contribution >= 0.6 is 0 Å². The Kier molecular flexibility index (Phi) is 4.81. The van der Waals surface area contributed by atoms with Gasteiger partial charge in [0.1, 0.15) is 7.11 Å². The number of rotatable bonds is 2. The van der Waals surface area contributed by atoms with Gasteiger partial charge in [-0.1, -0.05) is 37.3 Å². The maximum absolute atomic E-state index is 4.69. The monoisotopic (exact) mass is 169 g/mol. The average Bonchev–Trinajstić information content (AvgIpc) is 2.02. The molecule has 0 aliphatic heterocycles. The molecule has 2 nitrogen and oxygen atoms in total. The molecule has 70 valence electrons. The second-order valence-corrected chi connectivity index (χ2v) is 3.54. The van der Waals surface area contributed by atoms with Gasteiger partial charge in [0.05, 0.1) is 0 Å². The molecule has 0 atom stereocenters. The van der Waals surface area contributed by atoms with Crippen molar-refractivity contribution in [3.05, 3.63) is 0 Å². The second kappa shape index (κ2) is 6.04. The molecular formula is C10H19NO. The van der Waals surface area contributed by atoms with E-state index in [1.54, 1.807) is 7.11 Å². The van der Waals surface area contributed by atoms with Gasteiger partial charge in [-0.2, -0.15) is 0 Å². The second-order valence-electron chi connectivity index (χ2n) is 3.54. The summed E-state index contributed by atoms with van der Waals surface area (Å²) in [4.78, 5) is 4.69. The van der Waals surface area contributed by atoms with Gasteiger partial charge >= 0.3 is 0 Å². The summed E-state index contributed by atoms with van der Waals surface area (Å²) in [5, 5.41) is 3.84. The van der Waals surface area contributed by atoms with E-state index in [1.807, 2.05) is 6.21 Å². The fraction of sp³-hybridized carbons (Fsp3) is 0.900. The zero-order valence-electron chi connectivity index (χ0n) is 7.96. The molecule has 0 saturated heterocycles. The molecule has 1 saturated carbocycles. The third-order valence-corrected chi connectivity index (χ3v) is 2.53. The van der Waals surface area contributed by atoms with Crippen LogP contribution < -0.4 is 0 Å². The molecule has 0 spiro atoms. The minimum Gasteiger partial charge on any atom is -0.399 e. The van der Waals surface area contributed by atoms with Crippen molar-refractivity contribution in [3.63, 3.8) is 0 Å². The van der Waals surface area contributed by atoms with Gasteiger partial charge in [-0.05, 0) is 18.8 Å². The van der Waals surface area contributed by atoms with Crippen LogP contribution in [0.1, 0.15) is 44.9 Å². The zero-order valence-corrected chi connectivity index (χ0v) is 7.96. The Labute approximate surface area is 75.0 Å². The zero-order chi connectivity index (χ0) is 8.65. The van der Waals surface area contributed by atoms with Gasteiger partial charge in [-0.15, -0.1) is 0 Å². The Balaban J connectivity index is 2.24. The molecule has 0 unspecified atom stereocenters. The first-order valence-corrected chi connectivity index (χ1v) is 5.00. The highest BCUT2D eigenvalue weighted by atomic mass is 16.6. The molecule has 0 radical (unpaired) electrons. The molecule has 12 heavy (non-hydrogen) atoms. The van der Waals surface area contributed by atoms with Crippen LogP contribution in [0.5, 0.6) is 0 Å². The van der Waals surface area contributed by atoms with Gasteiger partial charge in [-0.25, -0.2) is 0 Å².